The van der Waals surface area contributed by atoms with Crippen molar-refractivity contribution in [2.45, 2.75) is 52.1 Å². The average molecular weight is 418 g/mol. The minimum absolute atomic E-state index is 0.0732. The van der Waals surface area contributed by atoms with E-state index in [1.165, 1.54) is 4.57 Å². The van der Waals surface area contributed by atoms with Crippen LogP contribution >= 0.6 is 0 Å². The van der Waals surface area contributed by atoms with Gasteiger partial charge in [-0.25, -0.2) is 4.98 Å². The van der Waals surface area contributed by atoms with Crippen LogP contribution in [0.15, 0.2) is 47.3 Å². The van der Waals surface area contributed by atoms with Crippen LogP contribution < -0.4 is 16.2 Å². The zero-order valence-corrected chi connectivity index (χ0v) is 17.8. The van der Waals surface area contributed by atoms with Gasteiger partial charge in [-0.15, -0.1) is 0 Å². The lowest BCUT2D eigenvalue weighted by atomic mass is 10.1. The van der Waals surface area contributed by atoms with Gasteiger partial charge in [-0.1, -0.05) is 18.2 Å². The third-order valence-electron chi connectivity index (χ3n) is 5.26. The Kier molecular flexibility index (Phi) is 5.84. The van der Waals surface area contributed by atoms with Crippen molar-refractivity contribution in [3.05, 3.63) is 69.6 Å². The molecule has 0 unspecified atom stereocenters. The van der Waals surface area contributed by atoms with E-state index in [9.17, 15) is 14.4 Å². The summed E-state index contributed by atoms with van der Waals surface area (Å²) in [5, 5.41) is 5.80. The smallest absolute Gasteiger partial charge is 0.273 e. The van der Waals surface area contributed by atoms with Gasteiger partial charge in [-0.3, -0.25) is 19.0 Å². The summed E-state index contributed by atoms with van der Waals surface area (Å²) in [5.41, 5.74) is 3.97. The molecule has 7 heteroatoms. The fourth-order valence-corrected chi connectivity index (χ4v) is 3.72. The minimum Gasteiger partial charge on any atom is -0.353 e. The van der Waals surface area contributed by atoms with Gasteiger partial charge in [-0.2, -0.15) is 0 Å². The fraction of sp³-hybridized carbons (Fsp3) is 0.333. The zero-order chi connectivity index (χ0) is 22.0. The van der Waals surface area contributed by atoms with Gasteiger partial charge in [0.1, 0.15) is 12.2 Å². The summed E-state index contributed by atoms with van der Waals surface area (Å²) >= 11 is 0. The summed E-state index contributed by atoms with van der Waals surface area (Å²) in [6, 6.07) is 13.3. The maximum absolute atomic E-state index is 13.1. The van der Waals surface area contributed by atoms with Crippen LogP contribution in [0.1, 0.15) is 36.1 Å². The van der Waals surface area contributed by atoms with E-state index in [1.54, 1.807) is 12.1 Å². The number of aromatic nitrogens is 2. The molecule has 160 valence electrons. The number of nitrogens with zero attached hydrogens (tertiary/aromatic N) is 2. The number of fused-ring (bicyclic) bond motifs is 1. The van der Waals surface area contributed by atoms with Crippen molar-refractivity contribution in [3.63, 3.8) is 0 Å². The number of amides is 2. The van der Waals surface area contributed by atoms with E-state index < -0.39 is 0 Å². The Hall–Kier alpha value is -3.48. The van der Waals surface area contributed by atoms with E-state index in [4.69, 9.17) is 0 Å². The molecule has 1 aromatic heterocycles. The Balaban J connectivity index is 1.57. The first kappa shape index (κ1) is 20.8. The van der Waals surface area contributed by atoms with E-state index >= 15 is 0 Å². The van der Waals surface area contributed by atoms with Crippen molar-refractivity contribution in [1.82, 2.24) is 14.9 Å². The van der Waals surface area contributed by atoms with Crippen LogP contribution in [-0.4, -0.2) is 27.4 Å². The lowest BCUT2D eigenvalue weighted by Gasteiger charge is -2.13. The molecule has 4 rings (SSSR count). The summed E-state index contributed by atoms with van der Waals surface area (Å²) < 4.78 is 1.44. The molecule has 1 fully saturated rings. The monoisotopic (exact) mass is 418 g/mol. The second-order valence-electron chi connectivity index (χ2n) is 8.20. The number of aryl methyl sites for hydroxylation is 3. The standard InChI is InChI=1S/C24H26N4O3/c1-15-11-16(2)13-18(12-15)26-23(30)14-28-21-6-4-3-5-19(21)27-20(24(28)31)9-10-22(29)25-17-7-8-17/h3-6,11-13,17H,7-10,14H2,1-2H3,(H,25,29)(H,26,30). The van der Waals surface area contributed by atoms with Crippen LogP contribution in [0, 0.1) is 13.8 Å². The molecule has 0 bridgehead atoms. The van der Waals surface area contributed by atoms with Crippen LogP contribution in [0.5, 0.6) is 0 Å². The third-order valence-corrected chi connectivity index (χ3v) is 5.26. The highest BCUT2D eigenvalue weighted by Gasteiger charge is 2.23. The molecule has 31 heavy (non-hydrogen) atoms. The molecule has 1 heterocycles. The molecule has 2 N–H and O–H groups in total. The number of anilines is 1. The molecule has 7 nitrogen and oxygen atoms in total. The average Bonchev–Trinajstić information content (AvgIpc) is 3.52. The lowest BCUT2D eigenvalue weighted by Crippen LogP contribution is -2.32. The topological polar surface area (TPSA) is 93.1 Å². The highest BCUT2D eigenvalue weighted by atomic mass is 16.2. The van der Waals surface area contributed by atoms with Crippen molar-refractivity contribution in [3.8, 4) is 0 Å². The van der Waals surface area contributed by atoms with Gasteiger partial charge in [0.15, 0.2) is 0 Å². The van der Waals surface area contributed by atoms with Gasteiger partial charge in [0, 0.05) is 24.6 Å². The normalized spacial score (nSPS) is 13.2. The maximum atomic E-state index is 13.1. The first-order valence-corrected chi connectivity index (χ1v) is 10.5. The molecule has 0 spiro atoms. The Morgan fingerprint density at radius 3 is 2.48 bits per heavy atom. The second kappa shape index (κ2) is 8.71. The predicted octanol–water partition coefficient (Wildman–Crippen LogP) is 2.86. The van der Waals surface area contributed by atoms with Crippen LogP contribution in [0.4, 0.5) is 5.69 Å². The Labute approximate surface area is 180 Å². The number of nitrogens with one attached hydrogen (secondary N) is 2. The maximum Gasteiger partial charge on any atom is 0.273 e. The molecule has 3 aromatic rings. The Morgan fingerprint density at radius 2 is 1.77 bits per heavy atom. The number of benzene rings is 2. The quantitative estimate of drug-likeness (QED) is 0.617. The molecule has 1 aliphatic rings. The first-order valence-electron chi connectivity index (χ1n) is 10.5. The van der Waals surface area contributed by atoms with Crippen molar-refractivity contribution < 1.29 is 9.59 Å². The van der Waals surface area contributed by atoms with Crippen LogP contribution in [0.2, 0.25) is 0 Å². The van der Waals surface area contributed by atoms with E-state index in [2.05, 4.69) is 15.6 Å². The number of carbonyl (C=O) groups is 2. The summed E-state index contributed by atoms with van der Waals surface area (Å²) in [5.74, 6) is -0.364. The summed E-state index contributed by atoms with van der Waals surface area (Å²) in [7, 11) is 0. The number of rotatable bonds is 7. The highest BCUT2D eigenvalue weighted by molar-refractivity contribution is 5.91. The zero-order valence-electron chi connectivity index (χ0n) is 17.8. The number of carbonyl (C=O) groups excluding carboxylic acids is 2. The molecular weight excluding hydrogens is 392 g/mol. The number of hydrogen-bond donors (Lipinski definition) is 2. The molecule has 2 aromatic carbocycles. The predicted molar refractivity (Wildman–Crippen MR) is 120 cm³/mol. The van der Waals surface area contributed by atoms with Crippen LogP contribution in [-0.2, 0) is 22.6 Å². The van der Waals surface area contributed by atoms with Crippen molar-refractivity contribution in [2.24, 2.45) is 0 Å². The van der Waals surface area contributed by atoms with Crippen LogP contribution in [0.3, 0.4) is 0 Å². The molecule has 0 radical (unpaired) electrons. The number of para-hydroxylation sites is 2. The molecule has 0 aliphatic heterocycles. The van der Waals surface area contributed by atoms with Crippen molar-refractivity contribution in [1.29, 1.82) is 0 Å². The summed E-state index contributed by atoms with van der Waals surface area (Å²) in [6.07, 6.45) is 2.47. The Morgan fingerprint density at radius 1 is 1.06 bits per heavy atom. The van der Waals surface area contributed by atoms with Gasteiger partial charge in [0.25, 0.3) is 5.56 Å². The van der Waals surface area contributed by atoms with Gasteiger partial charge in [0.05, 0.1) is 11.0 Å². The molecule has 1 aliphatic carbocycles. The van der Waals surface area contributed by atoms with Gasteiger partial charge < -0.3 is 10.6 Å². The van der Waals surface area contributed by atoms with Gasteiger partial charge in [0.2, 0.25) is 11.8 Å². The highest BCUT2D eigenvalue weighted by Crippen LogP contribution is 2.19. The third kappa shape index (κ3) is 5.17. The largest absolute Gasteiger partial charge is 0.353 e. The Bertz CT molecular complexity index is 1190. The molecule has 0 saturated heterocycles. The summed E-state index contributed by atoms with van der Waals surface area (Å²) in [6.45, 7) is 3.81. The van der Waals surface area contributed by atoms with E-state index in [0.717, 1.165) is 24.0 Å². The van der Waals surface area contributed by atoms with Gasteiger partial charge >= 0.3 is 0 Å². The van der Waals surface area contributed by atoms with E-state index in [0.29, 0.717) is 22.4 Å². The molecule has 0 atom stereocenters. The fourth-order valence-electron chi connectivity index (χ4n) is 3.72. The second-order valence-corrected chi connectivity index (χ2v) is 8.20. The first-order chi connectivity index (χ1) is 14.9. The van der Waals surface area contributed by atoms with Crippen LogP contribution in [0.25, 0.3) is 11.0 Å². The van der Waals surface area contributed by atoms with Gasteiger partial charge in [-0.05, 0) is 62.1 Å². The molecule has 1 saturated carbocycles. The minimum atomic E-state index is -0.339. The SMILES string of the molecule is Cc1cc(C)cc(NC(=O)Cn2c(=O)c(CCC(=O)NC3CC3)nc3ccccc32)c1. The summed E-state index contributed by atoms with van der Waals surface area (Å²) in [4.78, 5) is 42.4. The van der Waals surface area contributed by atoms with Crippen molar-refractivity contribution in [2.75, 3.05) is 5.32 Å². The van der Waals surface area contributed by atoms with Crippen molar-refractivity contribution >= 4 is 28.5 Å². The number of hydrogen-bond acceptors (Lipinski definition) is 4. The van der Waals surface area contributed by atoms with E-state index in [-0.39, 0.29) is 42.8 Å². The molecule has 2 amide bonds. The lowest BCUT2D eigenvalue weighted by molar-refractivity contribution is -0.121. The van der Waals surface area contributed by atoms with E-state index in [1.807, 2.05) is 44.2 Å². The molecular formula is C24H26N4O3.